The van der Waals surface area contributed by atoms with Gasteiger partial charge in [-0.3, -0.25) is 0 Å². The van der Waals surface area contributed by atoms with Crippen molar-refractivity contribution in [1.29, 1.82) is 0 Å². The summed E-state index contributed by atoms with van der Waals surface area (Å²) in [6, 6.07) is 0. The molecule has 4 heteroatoms. The first kappa shape index (κ1) is 13.3. The van der Waals surface area contributed by atoms with Gasteiger partial charge in [-0.2, -0.15) is 0 Å². The predicted molar refractivity (Wildman–Crippen MR) is 66.0 cm³/mol. The van der Waals surface area contributed by atoms with E-state index in [1.807, 2.05) is 0 Å². The lowest BCUT2D eigenvalue weighted by Crippen LogP contribution is -2.26. The van der Waals surface area contributed by atoms with Gasteiger partial charge in [0.15, 0.2) is 0 Å². The molecule has 1 aliphatic carbocycles. The van der Waals surface area contributed by atoms with E-state index < -0.39 is 0 Å². The van der Waals surface area contributed by atoms with Crippen molar-refractivity contribution in [1.82, 2.24) is 4.90 Å². The molecule has 3 unspecified atom stereocenters. The molecule has 0 radical (unpaired) electrons. The van der Waals surface area contributed by atoms with Gasteiger partial charge >= 0.3 is 0 Å². The Kier molecular flexibility index (Phi) is 5.22. The van der Waals surface area contributed by atoms with Crippen molar-refractivity contribution in [2.75, 3.05) is 46.6 Å². The van der Waals surface area contributed by atoms with Gasteiger partial charge in [-0.1, -0.05) is 0 Å². The number of ether oxygens (including phenoxy) is 2. The van der Waals surface area contributed by atoms with Crippen LogP contribution in [0.5, 0.6) is 0 Å². The van der Waals surface area contributed by atoms with E-state index in [2.05, 4.69) is 4.90 Å². The summed E-state index contributed by atoms with van der Waals surface area (Å²) in [5.74, 6) is 1.30. The number of hydrogen-bond acceptors (Lipinski definition) is 4. The van der Waals surface area contributed by atoms with Crippen LogP contribution in [0, 0.1) is 11.8 Å². The van der Waals surface area contributed by atoms with E-state index >= 15 is 0 Å². The van der Waals surface area contributed by atoms with Crippen LogP contribution < -0.4 is 0 Å². The van der Waals surface area contributed by atoms with Gasteiger partial charge in [-0.15, -0.1) is 0 Å². The summed E-state index contributed by atoms with van der Waals surface area (Å²) >= 11 is 0. The predicted octanol–water partition coefficient (Wildman–Crippen LogP) is 0.742. The van der Waals surface area contributed by atoms with E-state index in [0.29, 0.717) is 19.1 Å². The number of aliphatic hydroxyl groups is 1. The van der Waals surface area contributed by atoms with E-state index in [4.69, 9.17) is 9.47 Å². The minimum absolute atomic E-state index is 0.0389. The maximum atomic E-state index is 9.82. The largest absolute Gasteiger partial charge is 0.393 e. The van der Waals surface area contributed by atoms with E-state index in [1.165, 1.54) is 13.0 Å². The van der Waals surface area contributed by atoms with Crippen molar-refractivity contribution in [2.45, 2.75) is 25.4 Å². The molecule has 0 amide bonds. The normalized spacial score (nSPS) is 33.2. The second-order valence-electron chi connectivity index (χ2n) is 5.29. The Labute approximate surface area is 104 Å². The molecule has 0 aromatic carbocycles. The lowest BCUT2D eigenvalue weighted by molar-refractivity contribution is 0.0652. The van der Waals surface area contributed by atoms with Crippen molar-refractivity contribution >= 4 is 0 Å². The van der Waals surface area contributed by atoms with Gasteiger partial charge in [0.25, 0.3) is 0 Å². The molecule has 0 aromatic rings. The van der Waals surface area contributed by atoms with Gasteiger partial charge in [0.2, 0.25) is 0 Å². The number of hydrogen-bond donors (Lipinski definition) is 1. The van der Waals surface area contributed by atoms with Crippen LogP contribution in [0.2, 0.25) is 0 Å². The van der Waals surface area contributed by atoms with Crippen LogP contribution in [0.4, 0.5) is 0 Å². The van der Waals surface area contributed by atoms with Crippen LogP contribution in [0.15, 0.2) is 0 Å². The fourth-order valence-corrected chi connectivity index (χ4v) is 3.15. The molecule has 1 N–H and O–H groups in total. The molecular weight excluding hydrogens is 218 g/mol. The Balaban J connectivity index is 1.53. The number of methoxy groups -OCH3 is 1. The second-order valence-corrected chi connectivity index (χ2v) is 5.29. The van der Waals surface area contributed by atoms with Crippen molar-refractivity contribution < 1.29 is 14.6 Å². The first-order chi connectivity index (χ1) is 8.31. The second kappa shape index (κ2) is 6.69. The molecular formula is C13H25NO3. The van der Waals surface area contributed by atoms with Crippen molar-refractivity contribution in [3.8, 4) is 0 Å². The maximum Gasteiger partial charge on any atom is 0.0700 e. The highest BCUT2D eigenvalue weighted by molar-refractivity contribution is 4.93. The van der Waals surface area contributed by atoms with Crippen LogP contribution in [-0.2, 0) is 9.47 Å². The van der Waals surface area contributed by atoms with Gasteiger partial charge in [0.1, 0.15) is 0 Å². The third-order valence-corrected chi connectivity index (χ3v) is 4.09. The highest BCUT2D eigenvalue weighted by Crippen LogP contribution is 2.37. The zero-order valence-electron chi connectivity index (χ0n) is 10.8. The summed E-state index contributed by atoms with van der Waals surface area (Å²) in [5, 5.41) is 9.82. The Morgan fingerprint density at radius 2 is 2.06 bits per heavy atom. The summed E-state index contributed by atoms with van der Waals surface area (Å²) < 4.78 is 10.4. The van der Waals surface area contributed by atoms with Gasteiger partial charge in [0, 0.05) is 39.3 Å². The quantitative estimate of drug-likeness (QED) is 0.670. The summed E-state index contributed by atoms with van der Waals surface area (Å²) in [5.41, 5.74) is 0. The van der Waals surface area contributed by atoms with E-state index in [0.717, 1.165) is 38.5 Å². The first-order valence-electron chi connectivity index (χ1n) is 6.78. The summed E-state index contributed by atoms with van der Waals surface area (Å²) in [6.07, 6.45) is 3.28. The molecule has 1 heterocycles. The molecule has 3 atom stereocenters. The molecule has 100 valence electrons. The van der Waals surface area contributed by atoms with Crippen molar-refractivity contribution in [2.24, 2.45) is 11.8 Å². The molecule has 2 rings (SSSR count). The lowest BCUT2D eigenvalue weighted by Gasteiger charge is -2.17. The van der Waals surface area contributed by atoms with Crippen LogP contribution in [0.1, 0.15) is 19.3 Å². The Hall–Kier alpha value is -0.160. The first-order valence-corrected chi connectivity index (χ1v) is 6.78. The highest BCUT2D eigenvalue weighted by Gasteiger charge is 2.41. The van der Waals surface area contributed by atoms with Crippen LogP contribution in [0.25, 0.3) is 0 Å². The number of likely N-dealkylation sites (tertiary alicyclic amines) is 1. The third kappa shape index (κ3) is 3.65. The molecule has 17 heavy (non-hydrogen) atoms. The van der Waals surface area contributed by atoms with Crippen molar-refractivity contribution in [3.05, 3.63) is 0 Å². The van der Waals surface area contributed by atoms with Gasteiger partial charge in [-0.25, -0.2) is 0 Å². The van der Waals surface area contributed by atoms with Crippen LogP contribution in [0.3, 0.4) is 0 Å². The third-order valence-electron chi connectivity index (χ3n) is 4.09. The smallest absolute Gasteiger partial charge is 0.0700 e. The van der Waals surface area contributed by atoms with Gasteiger partial charge in [0.05, 0.1) is 19.3 Å². The molecule has 1 saturated heterocycles. The Morgan fingerprint density at radius 3 is 2.82 bits per heavy atom. The Bertz CT molecular complexity index is 225. The summed E-state index contributed by atoms with van der Waals surface area (Å²) in [4.78, 5) is 2.48. The maximum absolute atomic E-state index is 9.82. The SMILES string of the molecule is COCCOCCCN1CC2CCC(O)C2C1. The van der Waals surface area contributed by atoms with Crippen LogP contribution >= 0.6 is 0 Å². The van der Waals surface area contributed by atoms with Gasteiger partial charge < -0.3 is 19.5 Å². The lowest BCUT2D eigenvalue weighted by atomic mass is 10.00. The number of fused-ring (bicyclic) bond motifs is 1. The fraction of sp³-hybridized carbons (Fsp3) is 1.00. The minimum atomic E-state index is -0.0389. The van der Waals surface area contributed by atoms with Crippen molar-refractivity contribution in [3.63, 3.8) is 0 Å². The average Bonchev–Trinajstić information content (AvgIpc) is 2.86. The Morgan fingerprint density at radius 1 is 1.18 bits per heavy atom. The molecule has 4 nitrogen and oxygen atoms in total. The van der Waals surface area contributed by atoms with E-state index in [1.54, 1.807) is 7.11 Å². The molecule has 0 spiro atoms. The number of aliphatic hydroxyl groups excluding tert-OH is 1. The van der Waals surface area contributed by atoms with Gasteiger partial charge in [-0.05, 0) is 25.2 Å². The molecule has 1 aliphatic heterocycles. The molecule has 2 aliphatic rings. The van der Waals surface area contributed by atoms with E-state index in [-0.39, 0.29) is 6.10 Å². The topological polar surface area (TPSA) is 41.9 Å². The fourth-order valence-electron chi connectivity index (χ4n) is 3.15. The zero-order chi connectivity index (χ0) is 12.1. The highest BCUT2D eigenvalue weighted by atomic mass is 16.5. The molecule has 0 aromatic heterocycles. The summed E-state index contributed by atoms with van der Waals surface area (Å²) in [6.45, 7) is 5.56. The minimum Gasteiger partial charge on any atom is -0.393 e. The summed E-state index contributed by atoms with van der Waals surface area (Å²) in [7, 11) is 1.69. The zero-order valence-corrected chi connectivity index (χ0v) is 10.8. The monoisotopic (exact) mass is 243 g/mol. The molecule has 1 saturated carbocycles. The van der Waals surface area contributed by atoms with Crippen LogP contribution in [-0.4, -0.2) is 62.7 Å². The van der Waals surface area contributed by atoms with E-state index in [9.17, 15) is 5.11 Å². The standard InChI is InChI=1S/C13H25NO3/c1-16-7-8-17-6-2-5-14-9-11-3-4-13(15)12(11)10-14/h11-13,15H,2-10H2,1H3. The number of rotatable bonds is 7. The molecule has 2 fully saturated rings. The number of nitrogens with zero attached hydrogens (tertiary/aromatic N) is 1. The molecule has 0 bridgehead atoms. The average molecular weight is 243 g/mol.